The molecule has 0 saturated carbocycles. The van der Waals surface area contributed by atoms with Gasteiger partial charge in [-0.1, -0.05) is 67.6 Å². The van der Waals surface area contributed by atoms with Crippen LogP contribution in [0.15, 0.2) is 60.7 Å². The number of nitrogens with zero attached hydrogens (tertiary/aromatic N) is 1. The number of carbonyl (C=O) groups is 1. The van der Waals surface area contributed by atoms with Crippen LogP contribution in [0.4, 0.5) is 0 Å². The Bertz CT molecular complexity index is 612. The molecule has 1 N–H and O–H groups in total. The molecule has 0 amide bonds. The lowest BCUT2D eigenvalue weighted by Crippen LogP contribution is -2.41. The van der Waals surface area contributed by atoms with Crippen molar-refractivity contribution in [2.75, 3.05) is 0 Å². The van der Waals surface area contributed by atoms with Crippen LogP contribution in [0.3, 0.4) is 0 Å². The molecular formula is C20H25NO2. The SMILES string of the molecule is CC(c1ccccc1)N(Cc1ccccc1)[C@H](C)[C@@H](C)C(=O)O. The number of aliphatic carboxylic acids is 1. The van der Waals surface area contributed by atoms with Gasteiger partial charge in [-0.15, -0.1) is 0 Å². The Morgan fingerprint density at radius 1 is 0.957 bits per heavy atom. The number of carboxylic acids is 1. The van der Waals surface area contributed by atoms with Gasteiger partial charge in [0.05, 0.1) is 5.92 Å². The molecule has 0 aromatic heterocycles. The fourth-order valence-electron chi connectivity index (χ4n) is 2.84. The first-order chi connectivity index (χ1) is 11.0. The van der Waals surface area contributed by atoms with E-state index in [4.69, 9.17) is 0 Å². The van der Waals surface area contributed by atoms with Gasteiger partial charge in [-0.2, -0.15) is 0 Å². The molecule has 0 bridgehead atoms. The summed E-state index contributed by atoms with van der Waals surface area (Å²) in [6.45, 7) is 6.66. The van der Waals surface area contributed by atoms with E-state index in [-0.39, 0.29) is 12.1 Å². The maximum absolute atomic E-state index is 11.4. The smallest absolute Gasteiger partial charge is 0.307 e. The number of benzene rings is 2. The summed E-state index contributed by atoms with van der Waals surface area (Å²) in [5, 5.41) is 9.39. The van der Waals surface area contributed by atoms with E-state index in [1.807, 2.05) is 43.3 Å². The predicted octanol–water partition coefficient (Wildman–Crippen LogP) is 4.36. The van der Waals surface area contributed by atoms with Gasteiger partial charge in [-0.25, -0.2) is 0 Å². The highest BCUT2D eigenvalue weighted by Gasteiger charge is 2.29. The fraction of sp³-hybridized carbons (Fsp3) is 0.350. The second-order valence-corrected chi connectivity index (χ2v) is 6.11. The Kier molecular flexibility index (Phi) is 5.94. The third kappa shape index (κ3) is 4.42. The van der Waals surface area contributed by atoms with Gasteiger partial charge < -0.3 is 5.11 Å². The number of carboxylic acid groups (broad SMARTS) is 1. The van der Waals surface area contributed by atoms with Crippen molar-refractivity contribution in [1.29, 1.82) is 0 Å². The van der Waals surface area contributed by atoms with Gasteiger partial charge in [0.2, 0.25) is 0 Å². The minimum Gasteiger partial charge on any atom is -0.481 e. The minimum absolute atomic E-state index is 0.0667. The van der Waals surface area contributed by atoms with Crippen LogP contribution < -0.4 is 0 Å². The highest BCUT2D eigenvalue weighted by molar-refractivity contribution is 5.70. The predicted molar refractivity (Wildman–Crippen MR) is 93.1 cm³/mol. The van der Waals surface area contributed by atoms with Crippen molar-refractivity contribution in [2.45, 2.75) is 39.4 Å². The van der Waals surface area contributed by atoms with E-state index in [0.717, 1.165) is 6.54 Å². The summed E-state index contributed by atoms with van der Waals surface area (Å²) in [4.78, 5) is 13.7. The number of rotatable bonds is 7. The number of hydrogen-bond donors (Lipinski definition) is 1. The molecule has 0 spiro atoms. The third-order valence-corrected chi connectivity index (χ3v) is 4.62. The highest BCUT2D eigenvalue weighted by atomic mass is 16.4. The molecular weight excluding hydrogens is 286 g/mol. The standard InChI is InChI=1S/C20H25NO2/c1-15(20(22)23)16(2)21(14-18-10-6-4-7-11-18)17(3)19-12-8-5-9-13-19/h4-13,15-17H,14H2,1-3H3,(H,22,23)/t15-,16-,17?/m1/s1. The zero-order chi connectivity index (χ0) is 16.8. The van der Waals surface area contributed by atoms with Crippen molar-refractivity contribution in [2.24, 2.45) is 5.92 Å². The second kappa shape index (κ2) is 7.93. The average Bonchev–Trinajstić information content (AvgIpc) is 2.59. The molecule has 0 saturated heterocycles. The summed E-state index contributed by atoms with van der Waals surface area (Å²) in [6, 6.07) is 20.5. The summed E-state index contributed by atoms with van der Waals surface area (Å²) >= 11 is 0. The van der Waals surface area contributed by atoms with Gasteiger partial charge >= 0.3 is 5.97 Å². The van der Waals surface area contributed by atoms with Crippen molar-refractivity contribution in [3.8, 4) is 0 Å². The van der Waals surface area contributed by atoms with Crippen molar-refractivity contribution in [3.63, 3.8) is 0 Å². The van der Waals surface area contributed by atoms with Crippen LogP contribution >= 0.6 is 0 Å². The molecule has 0 heterocycles. The van der Waals surface area contributed by atoms with E-state index in [1.54, 1.807) is 6.92 Å². The van der Waals surface area contributed by atoms with Gasteiger partial charge in [-0.3, -0.25) is 9.69 Å². The first-order valence-electron chi connectivity index (χ1n) is 8.08. The minimum atomic E-state index is -0.754. The maximum atomic E-state index is 11.4. The lowest BCUT2D eigenvalue weighted by Gasteiger charge is -2.37. The highest BCUT2D eigenvalue weighted by Crippen LogP contribution is 2.27. The third-order valence-electron chi connectivity index (χ3n) is 4.62. The zero-order valence-electron chi connectivity index (χ0n) is 14.0. The van der Waals surface area contributed by atoms with Crippen LogP contribution in [0.2, 0.25) is 0 Å². The first-order valence-corrected chi connectivity index (χ1v) is 8.08. The molecule has 3 heteroatoms. The van der Waals surface area contributed by atoms with Crippen LogP contribution in [0.1, 0.15) is 37.9 Å². The maximum Gasteiger partial charge on any atom is 0.307 e. The van der Waals surface area contributed by atoms with Crippen molar-refractivity contribution >= 4 is 5.97 Å². The summed E-state index contributed by atoms with van der Waals surface area (Å²) in [7, 11) is 0. The van der Waals surface area contributed by atoms with Crippen LogP contribution in [0, 0.1) is 5.92 Å². The first kappa shape index (κ1) is 17.2. The number of hydrogen-bond acceptors (Lipinski definition) is 2. The molecule has 0 aliphatic heterocycles. The van der Waals surface area contributed by atoms with Crippen LogP contribution in [-0.2, 0) is 11.3 Å². The Morgan fingerprint density at radius 2 is 1.48 bits per heavy atom. The summed E-state index contributed by atoms with van der Waals surface area (Å²) < 4.78 is 0. The monoisotopic (exact) mass is 311 g/mol. The lowest BCUT2D eigenvalue weighted by molar-refractivity contribution is -0.143. The van der Waals surface area contributed by atoms with Crippen molar-refractivity contribution in [1.82, 2.24) is 4.90 Å². The molecule has 1 unspecified atom stereocenters. The Labute approximate surface area is 138 Å². The summed E-state index contributed by atoms with van der Waals surface area (Å²) in [6.07, 6.45) is 0. The van der Waals surface area contributed by atoms with E-state index < -0.39 is 11.9 Å². The van der Waals surface area contributed by atoms with E-state index in [2.05, 4.69) is 36.1 Å². The molecule has 0 aliphatic carbocycles. The van der Waals surface area contributed by atoms with Crippen LogP contribution in [0.25, 0.3) is 0 Å². The van der Waals surface area contributed by atoms with Crippen molar-refractivity contribution in [3.05, 3.63) is 71.8 Å². The molecule has 3 nitrogen and oxygen atoms in total. The van der Waals surface area contributed by atoms with Gasteiger partial charge in [-0.05, 0) is 25.0 Å². The van der Waals surface area contributed by atoms with Crippen LogP contribution in [0.5, 0.6) is 0 Å². The van der Waals surface area contributed by atoms with Gasteiger partial charge in [0.1, 0.15) is 0 Å². The molecule has 0 fully saturated rings. The zero-order valence-corrected chi connectivity index (χ0v) is 14.0. The topological polar surface area (TPSA) is 40.5 Å². The molecule has 2 rings (SSSR count). The van der Waals surface area contributed by atoms with Gasteiger partial charge in [0.15, 0.2) is 0 Å². The summed E-state index contributed by atoms with van der Waals surface area (Å²) in [5.74, 6) is -1.18. The lowest BCUT2D eigenvalue weighted by atomic mass is 9.97. The quantitative estimate of drug-likeness (QED) is 0.826. The molecule has 0 radical (unpaired) electrons. The fourth-order valence-corrected chi connectivity index (χ4v) is 2.84. The van der Waals surface area contributed by atoms with E-state index >= 15 is 0 Å². The van der Waals surface area contributed by atoms with E-state index in [0.29, 0.717) is 0 Å². The Hall–Kier alpha value is -2.13. The van der Waals surface area contributed by atoms with E-state index in [9.17, 15) is 9.90 Å². The largest absolute Gasteiger partial charge is 0.481 e. The van der Waals surface area contributed by atoms with Crippen LogP contribution in [-0.4, -0.2) is 22.0 Å². The summed E-state index contributed by atoms with van der Waals surface area (Å²) in [5.41, 5.74) is 2.40. The normalized spacial score (nSPS) is 15.1. The van der Waals surface area contributed by atoms with Crippen molar-refractivity contribution < 1.29 is 9.90 Å². The Morgan fingerprint density at radius 3 is 2.00 bits per heavy atom. The molecule has 3 atom stereocenters. The molecule has 122 valence electrons. The molecule has 0 aliphatic rings. The van der Waals surface area contributed by atoms with Gasteiger partial charge in [0.25, 0.3) is 0 Å². The van der Waals surface area contributed by atoms with Gasteiger partial charge in [0, 0.05) is 18.6 Å². The molecule has 23 heavy (non-hydrogen) atoms. The van der Waals surface area contributed by atoms with E-state index in [1.165, 1.54) is 11.1 Å². The second-order valence-electron chi connectivity index (χ2n) is 6.11. The molecule has 2 aromatic carbocycles. The Balaban J connectivity index is 2.28. The average molecular weight is 311 g/mol. The molecule has 2 aromatic rings.